The molecule has 0 amide bonds. The lowest BCUT2D eigenvalue weighted by atomic mass is 10.0. The zero-order chi connectivity index (χ0) is 17.6. The minimum atomic E-state index is 0.616. The van der Waals surface area contributed by atoms with Crippen LogP contribution in [0.25, 0.3) is 16.8 Å². The van der Waals surface area contributed by atoms with Gasteiger partial charge in [-0.05, 0) is 40.5 Å². The number of anilines is 2. The van der Waals surface area contributed by atoms with Gasteiger partial charge < -0.3 is 15.8 Å². The molecule has 0 saturated heterocycles. The van der Waals surface area contributed by atoms with Crippen LogP contribution >= 0.6 is 0 Å². The lowest BCUT2D eigenvalue weighted by Gasteiger charge is -2.12. The average molecular weight is 330 g/mol. The van der Waals surface area contributed by atoms with Crippen molar-refractivity contribution in [1.29, 1.82) is 0 Å². The molecule has 0 heterocycles. The molecule has 0 radical (unpaired) electrons. The fourth-order valence-corrected chi connectivity index (χ4v) is 2.72. The van der Waals surface area contributed by atoms with E-state index in [-0.39, 0.29) is 0 Å². The summed E-state index contributed by atoms with van der Waals surface area (Å²) in [5.74, 6) is 0. The maximum atomic E-state index is 5.97. The standard InChI is InChI=1S/C22H22N2O/c1-16(24-22-9-4-3-8-21(22)23)18-10-12-19(13-11-18)20-7-5-6-17(14-20)15-25-2/h3-14,24H,1,15,23H2,2H3. The number of nitrogens with one attached hydrogen (secondary N) is 1. The van der Waals surface area contributed by atoms with Crippen molar-refractivity contribution in [2.45, 2.75) is 6.61 Å². The number of nitrogen functional groups attached to an aromatic ring is 1. The SMILES string of the molecule is C=C(Nc1ccccc1N)c1ccc(-c2cccc(COC)c2)cc1. The van der Waals surface area contributed by atoms with Gasteiger partial charge in [-0.1, -0.05) is 61.2 Å². The van der Waals surface area contributed by atoms with Crippen LogP contribution in [-0.4, -0.2) is 7.11 Å². The van der Waals surface area contributed by atoms with Gasteiger partial charge in [-0.3, -0.25) is 0 Å². The van der Waals surface area contributed by atoms with Gasteiger partial charge in [-0.25, -0.2) is 0 Å². The summed E-state index contributed by atoms with van der Waals surface area (Å²) in [5, 5.41) is 3.28. The summed E-state index contributed by atoms with van der Waals surface area (Å²) in [6.45, 7) is 4.74. The number of para-hydroxylation sites is 2. The Morgan fingerprint density at radius 1 is 0.960 bits per heavy atom. The van der Waals surface area contributed by atoms with E-state index in [9.17, 15) is 0 Å². The van der Waals surface area contributed by atoms with E-state index in [1.54, 1.807) is 7.11 Å². The minimum Gasteiger partial charge on any atom is -0.397 e. The third-order valence-electron chi connectivity index (χ3n) is 4.05. The molecule has 0 unspecified atom stereocenters. The van der Waals surface area contributed by atoms with E-state index in [4.69, 9.17) is 10.5 Å². The summed E-state index contributed by atoms with van der Waals surface area (Å²) in [5.41, 5.74) is 12.9. The molecule has 126 valence electrons. The molecule has 3 nitrogen and oxygen atoms in total. The van der Waals surface area contributed by atoms with E-state index >= 15 is 0 Å². The van der Waals surface area contributed by atoms with Crippen molar-refractivity contribution < 1.29 is 4.74 Å². The summed E-state index contributed by atoms with van der Waals surface area (Å²) in [7, 11) is 1.71. The van der Waals surface area contributed by atoms with Crippen molar-refractivity contribution >= 4 is 17.1 Å². The largest absolute Gasteiger partial charge is 0.397 e. The number of benzene rings is 3. The number of rotatable bonds is 6. The van der Waals surface area contributed by atoms with Crippen LogP contribution in [0.3, 0.4) is 0 Å². The first-order chi connectivity index (χ1) is 12.2. The summed E-state index contributed by atoms with van der Waals surface area (Å²) in [6.07, 6.45) is 0. The van der Waals surface area contributed by atoms with Crippen molar-refractivity contribution in [2.75, 3.05) is 18.2 Å². The topological polar surface area (TPSA) is 47.3 Å². The Morgan fingerprint density at radius 3 is 2.44 bits per heavy atom. The smallest absolute Gasteiger partial charge is 0.0713 e. The van der Waals surface area contributed by atoms with Crippen LogP contribution in [0.5, 0.6) is 0 Å². The fraction of sp³-hybridized carbons (Fsp3) is 0.0909. The molecule has 3 aromatic rings. The van der Waals surface area contributed by atoms with Crippen LogP contribution in [0, 0.1) is 0 Å². The number of methoxy groups -OCH3 is 1. The average Bonchev–Trinajstić information content (AvgIpc) is 2.64. The van der Waals surface area contributed by atoms with E-state index in [2.05, 4.69) is 60.4 Å². The van der Waals surface area contributed by atoms with Gasteiger partial charge in [-0.15, -0.1) is 0 Å². The Labute approximate surface area is 148 Å². The fourth-order valence-electron chi connectivity index (χ4n) is 2.72. The highest BCUT2D eigenvalue weighted by Gasteiger charge is 2.04. The minimum absolute atomic E-state index is 0.616. The van der Waals surface area contributed by atoms with E-state index < -0.39 is 0 Å². The van der Waals surface area contributed by atoms with Crippen LogP contribution in [0.1, 0.15) is 11.1 Å². The second-order valence-corrected chi connectivity index (χ2v) is 5.90. The van der Waals surface area contributed by atoms with Crippen LogP contribution in [0.15, 0.2) is 79.4 Å². The molecule has 3 heteroatoms. The number of hydrogen-bond donors (Lipinski definition) is 2. The number of hydrogen-bond acceptors (Lipinski definition) is 3. The van der Waals surface area contributed by atoms with Gasteiger partial charge in [0.1, 0.15) is 0 Å². The van der Waals surface area contributed by atoms with E-state index in [1.807, 2.05) is 24.3 Å². The highest BCUT2D eigenvalue weighted by molar-refractivity contribution is 5.81. The molecule has 0 aliphatic carbocycles. The third kappa shape index (κ3) is 4.08. The molecule has 0 atom stereocenters. The van der Waals surface area contributed by atoms with Crippen molar-refractivity contribution in [3.63, 3.8) is 0 Å². The molecular formula is C22H22N2O. The molecular weight excluding hydrogens is 308 g/mol. The first kappa shape index (κ1) is 16.8. The van der Waals surface area contributed by atoms with Crippen molar-refractivity contribution in [2.24, 2.45) is 0 Å². The first-order valence-electron chi connectivity index (χ1n) is 8.16. The summed E-state index contributed by atoms with van der Waals surface area (Å²) in [4.78, 5) is 0. The lowest BCUT2D eigenvalue weighted by molar-refractivity contribution is 0.185. The Bertz CT molecular complexity index is 869. The Kier molecular flexibility index (Phi) is 5.17. The maximum Gasteiger partial charge on any atom is 0.0713 e. The number of nitrogens with two attached hydrogens (primary N) is 1. The number of ether oxygens (including phenoxy) is 1. The second-order valence-electron chi connectivity index (χ2n) is 5.90. The summed E-state index contributed by atoms with van der Waals surface area (Å²) >= 11 is 0. The van der Waals surface area contributed by atoms with E-state index in [0.29, 0.717) is 12.3 Å². The van der Waals surface area contributed by atoms with Gasteiger partial charge in [0, 0.05) is 12.8 Å². The third-order valence-corrected chi connectivity index (χ3v) is 4.05. The predicted molar refractivity (Wildman–Crippen MR) is 106 cm³/mol. The van der Waals surface area contributed by atoms with Gasteiger partial charge in [0.25, 0.3) is 0 Å². The summed E-state index contributed by atoms with van der Waals surface area (Å²) < 4.78 is 5.21. The lowest BCUT2D eigenvalue weighted by Crippen LogP contribution is -2.00. The van der Waals surface area contributed by atoms with Gasteiger partial charge in [0.15, 0.2) is 0 Å². The highest BCUT2D eigenvalue weighted by atomic mass is 16.5. The van der Waals surface area contributed by atoms with Gasteiger partial charge in [0.05, 0.1) is 18.0 Å². The van der Waals surface area contributed by atoms with Crippen molar-refractivity contribution in [3.05, 3.63) is 90.5 Å². The van der Waals surface area contributed by atoms with E-state index in [0.717, 1.165) is 28.1 Å². The summed E-state index contributed by atoms with van der Waals surface area (Å²) in [6, 6.07) is 24.4. The van der Waals surface area contributed by atoms with Gasteiger partial charge >= 0.3 is 0 Å². The molecule has 25 heavy (non-hydrogen) atoms. The molecule has 0 fully saturated rings. The molecule has 0 bridgehead atoms. The Balaban J connectivity index is 1.77. The Hall–Kier alpha value is -3.04. The van der Waals surface area contributed by atoms with Crippen LogP contribution < -0.4 is 11.1 Å². The zero-order valence-electron chi connectivity index (χ0n) is 14.3. The molecule has 3 N–H and O–H groups in total. The van der Waals surface area contributed by atoms with Crippen molar-refractivity contribution in [1.82, 2.24) is 0 Å². The monoisotopic (exact) mass is 330 g/mol. The second kappa shape index (κ2) is 7.69. The zero-order valence-corrected chi connectivity index (χ0v) is 14.3. The van der Waals surface area contributed by atoms with Crippen LogP contribution in [-0.2, 0) is 11.3 Å². The highest BCUT2D eigenvalue weighted by Crippen LogP contribution is 2.25. The normalized spacial score (nSPS) is 10.4. The molecule has 0 spiro atoms. The predicted octanol–water partition coefficient (Wildman–Crippen LogP) is 5.17. The molecule has 0 saturated carbocycles. The first-order valence-corrected chi connectivity index (χ1v) is 8.16. The molecule has 3 rings (SSSR count). The van der Waals surface area contributed by atoms with Gasteiger partial charge in [0.2, 0.25) is 0 Å². The molecule has 0 aromatic heterocycles. The van der Waals surface area contributed by atoms with Crippen LogP contribution in [0.4, 0.5) is 11.4 Å². The molecule has 3 aromatic carbocycles. The quantitative estimate of drug-likeness (QED) is 0.613. The molecule has 0 aliphatic heterocycles. The maximum absolute atomic E-state index is 5.97. The van der Waals surface area contributed by atoms with Crippen LogP contribution in [0.2, 0.25) is 0 Å². The van der Waals surface area contributed by atoms with Crippen molar-refractivity contribution in [3.8, 4) is 11.1 Å². The van der Waals surface area contributed by atoms with Gasteiger partial charge in [-0.2, -0.15) is 0 Å². The van der Waals surface area contributed by atoms with E-state index in [1.165, 1.54) is 5.56 Å². The molecule has 0 aliphatic rings. The Morgan fingerprint density at radius 2 is 1.72 bits per heavy atom.